The standard InChI is InChI=1S/C24H28N4O3/c1-16-18-7-5-6-8-19(18)26-22(21(16)27-23(29)31-24(2,3)4)17-9-10-20(25-15-17)28-11-13-30-14-12-28/h5-10,15H,11-14H2,1-4H3,(H,27,29). The molecule has 1 fully saturated rings. The average Bonchev–Trinajstić information content (AvgIpc) is 2.75. The van der Waals surface area contributed by atoms with E-state index in [-0.39, 0.29) is 0 Å². The SMILES string of the molecule is Cc1c(NC(=O)OC(C)(C)C)c(-c2ccc(N3CCOCC3)nc2)nc2ccccc12. The number of rotatable bonds is 3. The number of hydrogen-bond donors (Lipinski definition) is 1. The van der Waals surface area contributed by atoms with Gasteiger partial charge in [-0.1, -0.05) is 18.2 Å². The molecule has 1 N–H and O–H groups in total. The third-order valence-electron chi connectivity index (χ3n) is 5.13. The van der Waals surface area contributed by atoms with Crippen LogP contribution in [-0.2, 0) is 9.47 Å². The number of carbonyl (C=O) groups is 1. The number of benzene rings is 1. The van der Waals surface area contributed by atoms with Gasteiger partial charge in [-0.05, 0) is 51.5 Å². The summed E-state index contributed by atoms with van der Waals surface area (Å²) >= 11 is 0. The minimum Gasteiger partial charge on any atom is -0.444 e. The van der Waals surface area contributed by atoms with Crippen LogP contribution in [0.3, 0.4) is 0 Å². The summed E-state index contributed by atoms with van der Waals surface area (Å²) in [4.78, 5) is 24.3. The number of nitrogens with zero attached hydrogens (tertiary/aromatic N) is 3. The molecule has 1 amide bonds. The number of aryl methyl sites for hydroxylation is 1. The van der Waals surface area contributed by atoms with Gasteiger partial charge in [0.15, 0.2) is 0 Å². The first-order chi connectivity index (χ1) is 14.8. The van der Waals surface area contributed by atoms with Crippen molar-refractivity contribution in [2.75, 3.05) is 36.5 Å². The second-order valence-electron chi connectivity index (χ2n) is 8.61. The highest BCUT2D eigenvalue weighted by molar-refractivity contribution is 5.98. The minimum atomic E-state index is -0.593. The fourth-order valence-electron chi connectivity index (χ4n) is 3.65. The van der Waals surface area contributed by atoms with Crippen molar-refractivity contribution >= 4 is 28.5 Å². The first kappa shape index (κ1) is 21.1. The zero-order valence-electron chi connectivity index (χ0n) is 18.4. The highest BCUT2D eigenvalue weighted by Crippen LogP contribution is 2.34. The van der Waals surface area contributed by atoms with E-state index < -0.39 is 11.7 Å². The Kier molecular flexibility index (Phi) is 5.78. The van der Waals surface area contributed by atoms with Crippen molar-refractivity contribution in [3.63, 3.8) is 0 Å². The van der Waals surface area contributed by atoms with Gasteiger partial charge in [0, 0.05) is 30.2 Å². The van der Waals surface area contributed by atoms with E-state index in [4.69, 9.17) is 14.5 Å². The summed E-state index contributed by atoms with van der Waals surface area (Å²) < 4.78 is 10.9. The Labute approximate surface area is 182 Å². The van der Waals surface area contributed by atoms with Gasteiger partial charge in [0.2, 0.25) is 0 Å². The van der Waals surface area contributed by atoms with Gasteiger partial charge >= 0.3 is 6.09 Å². The molecule has 162 valence electrons. The molecule has 0 unspecified atom stereocenters. The summed E-state index contributed by atoms with van der Waals surface area (Å²) in [6.07, 6.45) is 1.30. The molecule has 4 rings (SSSR count). The lowest BCUT2D eigenvalue weighted by molar-refractivity contribution is 0.0636. The van der Waals surface area contributed by atoms with Crippen LogP contribution in [0.15, 0.2) is 42.6 Å². The summed E-state index contributed by atoms with van der Waals surface area (Å²) in [5.74, 6) is 0.909. The molecule has 0 radical (unpaired) electrons. The van der Waals surface area contributed by atoms with Crippen LogP contribution in [0.5, 0.6) is 0 Å². The maximum absolute atomic E-state index is 12.6. The maximum atomic E-state index is 12.6. The lowest BCUT2D eigenvalue weighted by Crippen LogP contribution is -2.36. The van der Waals surface area contributed by atoms with Crippen LogP contribution >= 0.6 is 0 Å². The van der Waals surface area contributed by atoms with Crippen molar-refractivity contribution < 1.29 is 14.3 Å². The van der Waals surface area contributed by atoms with Gasteiger partial charge in [-0.15, -0.1) is 0 Å². The van der Waals surface area contributed by atoms with Crippen molar-refractivity contribution in [3.8, 4) is 11.3 Å². The van der Waals surface area contributed by atoms with Crippen LogP contribution in [-0.4, -0.2) is 48.0 Å². The monoisotopic (exact) mass is 420 g/mol. The Bertz CT molecular complexity index is 1080. The minimum absolute atomic E-state index is 0.508. The topological polar surface area (TPSA) is 76.6 Å². The second-order valence-corrected chi connectivity index (χ2v) is 8.61. The van der Waals surface area contributed by atoms with Crippen LogP contribution in [0.25, 0.3) is 22.2 Å². The van der Waals surface area contributed by atoms with Crippen LogP contribution in [0.2, 0.25) is 0 Å². The number of para-hydroxylation sites is 1. The zero-order chi connectivity index (χ0) is 22.0. The number of hydrogen-bond acceptors (Lipinski definition) is 6. The van der Waals surface area contributed by atoms with Crippen LogP contribution < -0.4 is 10.2 Å². The third-order valence-corrected chi connectivity index (χ3v) is 5.13. The number of anilines is 2. The number of fused-ring (bicyclic) bond motifs is 1. The molecule has 7 heteroatoms. The van der Waals surface area contributed by atoms with E-state index in [9.17, 15) is 4.79 Å². The highest BCUT2D eigenvalue weighted by Gasteiger charge is 2.21. The molecule has 2 aromatic heterocycles. The number of ether oxygens (including phenoxy) is 2. The Morgan fingerprint density at radius 3 is 2.55 bits per heavy atom. The molecule has 3 aromatic rings. The molecular formula is C24H28N4O3. The number of morpholine rings is 1. The van der Waals surface area contributed by atoms with Gasteiger partial charge in [-0.2, -0.15) is 0 Å². The number of nitrogens with one attached hydrogen (secondary N) is 1. The zero-order valence-corrected chi connectivity index (χ0v) is 18.4. The average molecular weight is 421 g/mol. The fourth-order valence-corrected chi connectivity index (χ4v) is 3.65. The van der Waals surface area contributed by atoms with Gasteiger partial charge < -0.3 is 14.4 Å². The van der Waals surface area contributed by atoms with E-state index in [1.807, 2.05) is 70.3 Å². The molecule has 1 saturated heterocycles. The van der Waals surface area contributed by atoms with Gasteiger partial charge in [0.25, 0.3) is 0 Å². The van der Waals surface area contributed by atoms with Crippen molar-refractivity contribution in [2.45, 2.75) is 33.3 Å². The predicted octanol–water partition coefficient (Wildman–Crippen LogP) is 4.79. The fraction of sp³-hybridized carbons (Fsp3) is 0.375. The van der Waals surface area contributed by atoms with Crippen molar-refractivity contribution in [3.05, 3.63) is 48.2 Å². The Balaban J connectivity index is 1.74. The molecule has 1 aliphatic heterocycles. The summed E-state index contributed by atoms with van der Waals surface area (Å²) in [5, 5.41) is 3.91. The predicted molar refractivity (Wildman–Crippen MR) is 123 cm³/mol. The number of aromatic nitrogens is 2. The van der Waals surface area contributed by atoms with E-state index in [1.165, 1.54) is 0 Å². The Morgan fingerprint density at radius 1 is 1.13 bits per heavy atom. The molecule has 7 nitrogen and oxygen atoms in total. The summed E-state index contributed by atoms with van der Waals surface area (Å²) in [6.45, 7) is 10.6. The van der Waals surface area contributed by atoms with E-state index in [1.54, 1.807) is 0 Å². The molecule has 0 atom stereocenters. The molecule has 31 heavy (non-hydrogen) atoms. The van der Waals surface area contributed by atoms with Crippen molar-refractivity contribution in [2.24, 2.45) is 0 Å². The van der Waals surface area contributed by atoms with Crippen LogP contribution in [0.4, 0.5) is 16.3 Å². The van der Waals surface area contributed by atoms with Crippen molar-refractivity contribution in [1.29, 1.82) is 0 Å². The molecule has 0 spiro atoms. The molecule has 1 aromatic carbocycles. The molecule has 0 aliphatic carbocycles. The van der Waals surface area contributed by atoms with Gasteiger partial charge in [-0.3, -0.25) is 5.32 Å². The van der Waals surface area contributed by atoms with E-state index in [0.717, 1.165) is 40.9 Å². The number of amides is 1. The Hall–Kier alpha value is -3.19. The normalized spacial score (nSPS) is 14.5. The largest absolute Gasteiger partial charge is 0.444 e. The summed E-state index contributed by atoms with van der Waals surface area (Å²) in [6, 6.07) is 11.9. The molecule has 0 bridgehead atoms. The lowest BCUT2D eigenvalue weighted by Gasteiger charge is -2.27. The molecule has 0 saturated carbocycles. The second kappa shape index (κ2) is 8.51. The molecular weight excluding hydrogens is 392 g/mol. The van der Waals surface area contributed by atoms with E-state index in [2.05, 4.69) is 15.2 Å². The van der Waals surface area contributed by atoms with E-state index in [0.29, 0.717) is 24.6 Å². The van der Waals surface area contributed by atoms with Crippen LogP contribution in [0, 0.1) is 6.92 Å². The molecule has 3 heterocycles. The van der Waals surface area contributed by atoms with Crippen molar-refractivity contribution in [1.82, 2.24) is 9.97 Å². The maximum Gasteiger partial charge on any atom is 0.412 e. The summed E-state index contributed by atoms with van der Waals surface area (Å²) in [7, 11) is 0. The number of carbonyl (C=O) groups excluding carboxylic acids is 1. The lowest BCUT2D eigenvalue weighted by atomic mass is 10.0. The quantitative estimate of drug-likeness (QED) is 0.657. The van der Waals surface area contributed by atoms with E-state index >= 15 is 0 Å². The molecule has 1 aliphatic rings. The first-order valence-corrected chi connectivity index (χ1v) is 10.5. The summed E-state index contributed by atoms with van der Waals surface area (Å²) in [5.41, 5.74) is 3.34. The third kappa shape index (κ3) is 4.77. The van der Waals surface area contributed by atoms with Crippen LogP contribution in [0.1, 0.15) is 26.3 Å². The van der Waals surface area contributed by atoms with Gasteiger partial charge in [0.1, 0.15) is 11.4 Å². The Morgan fingerprint density at radius 2 is 1.87 bits per heavy atom. The highest BCUT2D eigenvalue weighted by atomic mass is 16.6. The van der Waals surface area contributed by atoms with Gasteiger partial charge in [0.05, 0.1) is 30.1 Å². The smallest absolute Gasteiger partial charge is 0.412 e. The van der Waals surface area contributed by atoms with Gasteiger partial charge in [-0.25, -0.2) is 14.8 Å². The number of pyridine rings is 2. The first-order valence-electron chi connectivity index (χ1n) is 10.5.